The summed E-state index contributed by atoms with van der Waals surface area (Å²) in [6.07, 6.45) is 10.2. The number of rotatable bonds is 10. The van der Waals surface area contributed by atoms with Gasteiger partial charge in [0.2, 0.25) is 0 Å². The minimum Gasteiger partial charge on any atom is -1.00 e. The summed E-state index contributed by atoms with van der Waals surface area (Å²) >= 11 is -1.12. The Morgan fingerprint density at radius 3 is 1.20 bits per heavy atom. The van der Waals surface area contributed by atoms with Crippen molar-refractivity contribution in [1.29, 1.82) is 0 Å². The number of hydrogen-bond donors (Lipinski definition) is 0. The molecule has 0 atom stereocenters. The topological polar surface area (TPSA) is 24.9 Å². The summed E-state index contributed by atoms with van der Waals surface area (Å²) in [7, 11) is 0. The normalized spacial score (nSPS) is 13.5. The van der Waals surface area contributed by atoms with Gasteiger partial charge in [0.1, 0.15) is 0 Å². The van der Waals surface area contributed by atoms with E-state index in [1.165, 1.54) is 75.8 Å². The Hall–Kier alpha value is -0.210. The van der Waals surface area contributed by atoms with Gasteiger partial charge in [0.15, 0.2) is 0 Å². The number of benzene rings is 2. The monoisotopic (exact) mass is 778 g/mol. The van der Waals surface area contributed by atoms with E-state index in [2.05, 4.69) is 80.3 Å². The molecule has 0 bridgehead atoms. The Balaban J connectivity index is 0.000000793. The second-order valence-corrected chi connectivity index (χ2v) is 13.0. The van der Waals surface area contributed by atoms with Gasteiger partial charge in [-0.1, -0.05) is 0 Å². The van der Waals surface area contributed by atoms with Crippen LogP contribution in [0.25, 0.3) is 0 Å². The first-order valence-electron chi connectivity index (χ1n) is 12.9. The maximum atomic E-state index is 4.94. The Morgan fingerprint density at radius 1 is 0.600 bits per heavy atom. The molecular formula is C28H44Br2HfN2O2. The van der Waals surface area contributed by atoms with Crippen LogP contribution < -0.4 is 39.7 Å². The van der Waals surface area contributed by atoms with Gasteiger partial charge in [-0.25, -0.2) is 0 Å². The Morgan fingerprint density at radius 2 is 0.943 bits per heavy atom. The van der Waals surface area contributed by atoms with E-state index in [9.17, 15) is 0 Å². The SMILES string of the molecule is C1CCOC1.C1CCOC1.CCCC[N]([Hf+2][N](CCCC)c1ccccc1)c1ccccc1.[Br-].[Br-]. The molecule has 2 fully saturated rings. The summed E-state index contributed by atoms with van der Waals surface area (Å²) in [6.45, 7) is 10.9. The van der Waals surface area contributed by atoms with Gasteiger partial charge >= 0.3 is 154 Å². The van der Waals surface area contributed by atoms with E-state index in [1.807, 2.05) is 0 Å². The first kappa shape index (κ1) is 34.8. The molecule has 4 rings (SSSR count). The molecule has 0 spiro atoms. The van der Waals surface area contributed by atoms with Gasteiger partial charge in [0.05, 0.1) is 0 Å². The molecule has 0 amide bonds. The molecule has 2 saturated heterocycles. The Bertz CT molecular complexity index is 615. The summed E-state index contributed by atoms with van der Waals surface area (Å²) in [5, 5.41) is 0. The van der Waals surface area contributed by atoms with Crippen LogP contribution in [0.15, 0.2) is 60.7 Å². The number of ether oxygens (including phenoxy) is 2. The number of nitrogens with zero attached hydrogens (tertiary/aromatic N) is 2. The number of halogens is 2. The Labute approximate surface area is 247 Å². The maximum Gasteiger partial charge on any atom is -1.00 e. The standard InChI is InChI=1S/2C10H14N.2C4H8O.2BrH.Hf/c2*1-2-3-9-11-10-7-5-4-6-8-10;2*1-2-4-5-3-1;;;/h2*4-8H,2-3,9H2,1H3;2*1-4H2;2*1H;/q2*-1;;;;;+4/p-2. The van der Waals surface area contributed by atoms with Gasteiger partial charge in [-0.2, -0.15) is 0 Å². The van der Waals surface area contributed by atoms with Crippen LogP contribution in [0.1, 0.15) is 65.2 Å². The summed E-state index contributed by atoms with van der Waals surface area (Å²) in [4.78, 5) is 0. The minimum atomic E-state index is -1.12. The molecular weight excluding hydrogens is 735 g/mol. The second kappa shape index (κ2) is 24.1. The smallest absolute Gasteiger partial charge is 1.00 e. The summed E-state index contributed by atoms with van der Waals surface area (Å²) in [6, 6.07) is 22.0. The number of unbranched alkanes of at least 4 members (excludes halogenated alkanes) is 2. The zero-order valence-corrected chi connectivity index (χ0v) is 28.4. The summed E-state index contributed by atoms with van der Waals surface area (Å²) < 4.78 is 15.3. The van der Waals surface area contributed by atoms with Crippen LogP contribution in [0.2, 0.25) is 0 Å². The minimum absolute atomic E-state index is 0. The molecule has 2 aromatic carbocycles. The third kappa shape index (κ3) is 16.3. The molecule has 7 heteroatoms. The molecule has 0 saturated carbocycles. The van der Waals surface area contributed by atoms with Crippen molar-refractivity contribution >= 4 is 11.4 Å². The van der Waals surface area contributed by atoms with E-state index in [1.54, 1.807) is 0 Å². The maximum absolute atomic E-state index is 4.94. The number of para-hydroxylation sites is 2. The van der Waals surface area contributed by atoms with Crippen LogP contribution in [0.4, 0.5) is 11.4 Å². The van der Waals surface area contributed by atoms with Crippen molar-refractivity contribution in [2.24, 2.45) is 0 Å². The van der Waals surface area contributed by atoms with Gasteiger partial charge in [-0.15, -0.1) is 0 Å². The van der Waals surface area contributed by atoms with Crippen molar-refractivity contribution in [2.45, 2.75) is 65.2 Å². The molecule has 0 N–H and O–H groups in total. The van der Waals surface area contributed by atoms with Gasteiger partial charge in [-0.05, 0) is 25.7 Å². The van der Waals surface area contributed by atoms with Crippen LogP contribution in [0.3, 0.4) is 0 Å². The molecule has 2 heterocycles. The van der Waals surface area contributed by atoms with Crippen LogP contribution >= 0.6 is 0 Å². The first-order chi connectivity index (χ1) is 16.3. The quantitative estimate of drug-likeness (QED) is 0.338. The van der Waals surface area contributed by atoms with Gasteiger partial charge < -0.3 is 43.4 Å². The third-order valence-corrected chi connectivity index (χ3v) is 10.7. The molecule has 2 aliphatic heterocycles. The summed E-state index contributed by atoms with van der Waals surface area (Å²) in [5.41, 5.74) is 2.81. The second-order valence-electron chi connectivity index (χ2n) is 8.42. The average Bonchev–Trinajstić information content (AvgIpc) is 3.64. The van der Waals surface area contributed by atoms with E-state index in [4.69, 9.17) is 9.47 Å². The van der Waals surface area contributed by atoms with Crippen molar-refractivity contribution in [3.63, 3.8) is 0 Å². The molecule has 0 radical (unpaired) electrons. The van der Waals surface area contributed by atoms with Crippen LogP contribution in [-0.4, -0.2) is 39.5 Å². The van der Waals surface area contributed by atoms with Gasteiger partial charge in [0.25, 0.3) is 0 Å². The van der Waals surface area contributed by atoms with Crippen molar-refractivity contribution in [3.05, 3.63) is 60.7 Å². The largest absolute Gasteiger partial charge is 1.00 e. The molecule has 0 unspecified atom stereocenters. The molecule has 35 heavy (non-hydrogen) atoms. The summed E-state index contributed by atoms with van der Waals surface area (Å²) in [5.74, 6) is 0. The fourth-order valence-corrected chi connectivity index (χ4v) is 8.29. The molecule has 0 aromatic heterocycles. The predicted octanol–water partition coefficient (Wildman–Crippen LogP) is 1.11. The first-order valence-corrected chi connectivity index (χ1v) is 16.1. The third-order valence-electron chi connectivity index (χ3n) is 5.50. The van der Waals surface area contributed by atoms with Crippen LogP contribution in [-0.2, 0) is 33.0 Å². The molecule has 196 valence electrons. The molecule has 0 aliphatic carbocycles. The molecule has 4 nitrogen and oxygen atoms in total. The van der Waals surface area contributed by atoms with E-state index in [0.29, 0.717) is 0 Å². The Kier molecular flexibility index (Phi) is 24.0. The van der Waals surface area contributed by atoms with Crippen molar-refractivity contribution < 1.29 is 66.9 Å². The number of anilines is 2. The predicted molar refractivity (Wildman–Crippen MR) is 137 cm³/mol. The van der Waals surface area contributed by atoms with Crippen LogP contribution in [0.5, 0.6) is 0 Å². The van der Waals surface area contributed by atoms with Crippen molar-refractivity contribution in [3.8, 4) is 0 Å². The zero-order chi connectivity index (χ0) is 23.4. The average molecular weight is 779 g/mol. The molecule has 2 aromatic rings. The van der Waals surface area contributed by atoms with E-state index < -0.39 is 23.5 Å². The number of hydrogen-bond acceptors (Lipinski definition) is 4. The van der Waals surface area contributed by atoms with E-state index >= 15 is 0 Å². The fourth-order valence-electron chi connectivity index (χ4n) is 3.49. The van der Waals surface area contributed by atoms with Gasteiger partial charge in [0, 0.05) is 26.4 Å². The fraction of sp³-hybridized carbons (Fsp3) is 0.571. The van der Waals surface area contributed by atoms with E-state index in [-0.39, 0.29) is 34.0 Å². The molecule has 2 aliphatic rings. The van der Waals surface area contributed by atoms with Crippen LogP contribution in [0, 0.1) is 0 Å². The van der Waals surface area contributed by atoms with Crippen molar-refractivity contribution in [2.75, 3.05) is 45.3 Å². The van der Waals surface area contributed by atoms with E-state index in [0.717, 1.165) is 26.4 Å². The van der Waals surface area contributed by atoms with Gasteiger partial charge in [-0.3, -0.25) is 0 Å². The zero-order valence-electron chi connectivity index (χ0n) is 21.6. The van der Waals surface area contributed by atoms with Crippen molar-refractivity contribution in [1.82, 2.24) is 0 Å².